The van der Waals surface area contributed by atoms with Crippen LogP contribution in [0.3, 0.4) is 0 Å². The molecule has 200 valence electrons. The third-order valence-electron chi connectivity index (χ3n) is 7.42. The summed E-state index contributed by atoms with van der Waals surface area (Å²) in [4.78, 5) is 44.2. The van der Waals surface area contributed by atoms with Crippen LogP contribution in [0.15, 0.2) is 24.3 Å². The number of carbonyl (C=O) groups is 3. The van der Waals surface area contributed by atoms with Gasteiger partial charge in [0, 0.05) is 26.2 Å². The summed E-state index contributed by atoms with van der Waals surface area (Å²) in [5.74, 6) is -0.158. The van der Waals surface area contributed by atoms with Crippen LogP contribution < -0.4 is 16.0 Å². The molecule has 4 atom stereocenters. The van der Waals surface area contributed by atoms with Crippen LogP contribution in [0.25, 0.3) is 0 Å². The molecule has 0 spiro atoms. The summed E-state index contributed by atoms with van der Waals surface area (Å²) in [7, 11) is 1.72. The molecule has 36 heavy (non-hydrogen) atoms. The molecule has 8 heteroatoms. The molecule has 0 radical (unpaired) electrons. The average Bonchev–Trinajstić information content (AvgIpc) is 2.85. The molecule has 0 aromatic heterocycles. The van der Waals surface area contributed by atoms with E-state index in [1.165, 1.54) is 11.1 Å². The van der Waals surface area contributed by atoms with Crippen molar-refractivity contribution < 1.29 is 14.4 Å². The molecule has 0 saturated carbocycles. The van der Waals surface area contributed by atoms with E-state index < -0.39 is 18.1 Å². The molecule has 3 N–H and O–H groups in total. The first-order valence-electron chi connectivity index (χ1n) is 13.5. The molecule has 3 rings (SSSR count). The number of fused-ring (bicyclic) bond motifs is 1. The van der Waals surface area contributed by atoms with Gasteiger partial charge in [-0.15, -0.1) is 0 Å². The standard InChI is InChI=1S/C28H45N5O3/c1-18(2)16-32-14-15-33(28(36)25(19(3)4)31-26(34)20(5)29-6)24(17-32)27(35)30-23-13-9-11-21-10-7-8-12-22(21)23/h7-8,10,12,18-20,23-25,29H,9,11,13-17H2,1-6H3,(H,30,35)(H,31,34)/t20-,23?,24-,25-/m0/s1. The van der Waals surface area contributed by atoms with E-state index in [1.807, 2.05) is 26.0 Å². The van der Waals surface area contributed by atoms with Crippen LogP contribution >= 0.6 is 0 Å². The van der Waals surface area contributed by atoms with Gasteiger partial charge in [0.25, 0.3) is 0 Å². The first kappa shape index (κ1) is 28.1. The molecule has 1 saturated heterocycles. The molecular formula is C28H45N5O3. The molecule has 1 aliphatic heterocycles. The third kappa shape index (κ3) is 6.85. The number of likely N-dealkylation sites (N-methyl/N-ethyl adjacent to an activating group) is 1. The molecule has 2 aliphatic rings. The number of aryl methyl sites for hydroxylation is 1. The molecule has 1 heterocycles. The van der Waals surface area contributed by atoms with Crippen LogP contribution in [0.4, 0.5) is 0 Å². The monoisotopic (exact) mass is 499 g/mol. The average molecular weight is 500 g/mol. The van der Waals surface area contributed by atoms with Crippen LogP contribution in [-0.4, -0.2) is 78.9 Å². The molecule has 1 unspecified atom stereocenters. The largest absolute Gasteiger partial charge is 0.347 e. The van der Waals surface area contributed by atoms with Gasteiger partial charge in [-0.25, -0.2) is 0 Å². The number of nitrogens with one attached hydrogen (secondary N) is 3. The molecule has 0 bridgehead atoms. The maximum atomic E-state index is 13.8. The van der Waals surface area contributed by atoms with Crippen molar-refractivity contribution in [3.05, 3.63) is 35.4 Å². The van der Waals surface area contributed by atoms with Gasteiger partial charge in [-0.2, -0.15) is 0 Å². The normalized spacial score (nSPS) is 22.2. The topological polar surface area (TPSA) is 93.8 Å². The molecule has 1 fully saturated rings. The lowest BCUT2D eigenvalue weighted by atomic mass is 9.87. The van der Waals surface area contributed by atoms with Gasteiger partial charge in [0.05, 0.1) is 12.1 Å². The Labute approximate surface area is 216 Å². The van der Waals surface area contributed by atoms with Crippen LogP contribution in [0.1, 0.15) is 64.6 Å². The number of rotatable bonds is 9. The zero-order chi connectivity index (χ0) is 26.4. The number of benzene rings is 1. The van der Waals surface area contributed by atoms with Gasteiger partial charge in [0.2, 0.25) is 17.7 Å². The minimum absolute atomic E-state index is 0.0445. The Hall–Kier alpha value is -2.45. The van der Waals surface area contributed by atoms with E-state index >= 15 is 0 Å². The van der Waals surface area contributed by atoms with E-state index in [-0.39, 0.29) is 29.7 Å². The Balaban J connectivity index is 1.82. The lowest BCUT2D eigenvalue weighted by Gasteiger charge is -2.43. The Morgan fingerprint density at radius 3 is 2.44 bits per heavy atom. The summed E-state index contributed by atoms with van der Waals surface area (Å²) in [5.41, 5.74) is 2.46. The van der Waals surface area contributed by atoms with Crippen molar-refractivity contribution >= 4 is 17.7 Å². The van der Waals surface area contributed by atoms with Crippen molar-refractivity contribution in [3.8, 4) is 0 Å². The number of nitrogens with zero attached hydrogens (tertiary/aromatic N) is 2. The maximum absolute atomic E-state index is 13.8. The highest BCUT2D eigenvalue weighted by Crippen LogP contribution is 2.30. The fraction of sp³-hybridized carbons (Fsp3) is 0.679. The van der Waals surface area contributed by atoms with E-state index in [4.69, 9.17) is 0 Å². The summed E-state index contributed by atoms with van der Waals surface area (Å²) in [6.07, 6.45) is 2.95. The second-order valence-electron chi connectivity index (χ2n) is 11.1. The van der Waals surface area contributed by atoms with Crippen molar-refractivity contribution in [2.45, 2.75) is 78.0 Å². The fourth-order valence-electron chi connectivity index (χ4n) is 5.28. The highest BCUT2D eigenvalue weighted by molar-refractivity contribution is 5.93. The highest BCUT2D eigenvalue weighted by Gasteiger charge is 2.40. The Bertz CT molecular complexity index is 918. The first-order valence-corrected chi connectivity index (χ1v) is 13.5. The predicted octanol–water partition coefficient (Wildman–Crippen LogP) is 2.10. The zero-order valence-electron chi connectivity index (χ0n) is 22.8. The van der Waals surface area contributed by atoms with Crippen LogP contribution in [-0.2, 0) is 20.8 Å². The number of piperazine rings is 1. The van der Waals surface area contributed by atoms with Crippen molar-refractivity contribution in [2.24, 2.45) is 11.8 Å². The zero-order valence-corrected chi connectivity index (χ0v) is 22.8. The maximum Gasteiger partial charge on any atom is 0.246 e. The Morgan fingerprint density at radius 1 is 1.06 bits per heavy atom. The molecule has 1 aliphatic carbocycles. The van der Waals surface area contributed by atoms with Gasteiger partial charge in [-0.1, -0.05) is 52.0 Å². The summed E-state index contributed by atoms with van der Waals surface area (Å²) in [6.45, 7) is 12.5. The molecule has 8 nitrogen and oxygen atoms in total. The van der Waals surface area contributed by atoms with Crippen LogP contribution in [0.5, 0.6) is 0 Å². The number of amides is 3. The second-order valence-corrected chi connectivity index (χ2v) is 11.1. The molecule has 1 aromatic carbocycles. The Kier molecular flexibility index (Phi) is 9.91. The summed E-state index contributed by atoms with van der Waals surface area (Å²) in [6, 6.07) is 6.56. The van der Waals surface area contributed by atoms with Crippen molar-refractivity contribution in [1.29, 1.82) is 0 Å². The van der Waals surface area contributed by atoms with E-state index in [9.17, 15) is 14.4 Å². The van der Waals surface area contributed by atoms with Gasteiger partial charge in [-0.3, -0.25) is 19.3 Å². The molecule has 1 aromatic rings. The van der Waals surface area contributed by atoms with Gasteiger partial charge < -0.3 is 20.9 Å². The number of hydrogen-bond donors (Lipinski definition) is 3. The minimum Gasteiger partial charge on any atom is -0.347 e. The van der Waals surface area contributed by atoms with E-state index in [0.717, 1.165) is 25.8 Å². The van der Waals surface area contributed by atoms with Crippen molar-refractivity contribution in [3.63, 3.8) is 0 Å². The highest BCUT2D eigenvalue weighted by atomic mass is 16.2. The number of carbonyl (C=O) groups excluding carboxylic acids is 3. The van der Waals surface area contributed by atoms with Gasteiger partial charge in [-0.05, 0) is 56.2 Å². The molecule has 3 amide bonds. The SMILES string of the molecule is CN[C@@H](C)C(=O)N[C@H](C(=O)N1CCN(CC(C)C)C[C@H]1C(=O)NC1CCCc2ccccc21)C(C)C. The van der Waals surface area contributed by atoms with E-state index in [2.05, 4.69) is 46.8 Å². The lowest BCUT2D eigenvalue weighted by Crippen LogP contribution is -2.65. The smallest absolute Gasteiger partial charge is 0.246 e. The van der Waals surface area contributed by atoms with Crippen molar-refractivity contribution in [2.75, 3.05) is 33.2 Å². The first-order chi connectivity index (χ1) is 17.1. The third-order valence-corrected chi connectivity index (χ3v) is 7.42. The van der Waals surface area contributed by atoms with Crippen LogP contribution in [0, 0.1) is 11.8 Å². The quantitative estimate of drug-likeness (QED) is 0.484. The van der Waals surface area contributed by atoms with Crippen molar-refractivity contribution in [1.82, 2.24) is 25.8 Å². The minimum atomic E-state index is -0.685. The summed E-state index contributed by atoms with van der Waals surface area (Å²) < 4.78 is 0. The summed E-state index contributed by atoms with van der Waals surface area (Å²) >= 11 is 0. The molecular weight excluding hydrogens is 454 g/mol. The summed E-state index contributed by atoms with van der Waals surface area (Å²) in [5, 5.41) is 9.13. The predicted molar refractivity (Wildman–Crippen MR) is 142 cm³/mol. The van der Waals surface area contributed by atoms with Gasteiger partial charge >= 0.3 is 0 Å². The Morgan fingerprint density at radius 2 is 1.78 bits per heavy atom. The second kappa shape index (κ2) is 12.7. The fourth-order valence-corrected chi connectivity index (χ4v) is 5.28. The van der Waals surface area contributed by atoms with Gasteiger partial charge in [0.15, 0.2) is 0 Å². The van der Waals surface area contributed by atoms with E-state index in [0.29, 0.717) is 25.6 Å². The van der Waals surface area contributed by atoms with E-state index in [1.54, 1.807) is 18.9 Å². The van der Waals surface area contributed by atoms with Gasteiger partial charge in [0.1, 0.15) is 12.1 Å². The van der Waals surface area contributed by atoms with Crippen LogP contribution in [0.2, 0.25) is 0 Å². The lowest BCUT2D eigenvalue weighted by molar-refractivity contribution is -0.148. The number of hydrogen-bond acceptors (Lipinski definition) is 5.